The van der Waals surface area contributed by atoms with E-state index in [-0.39, 0.29) is 0 Å². The fourth-order valence-corrected chi connectivity index (χ4v) is 3.16. The molecule has 0 saturated carbocycles. The van der Waals surface area contributed by atoms with E-state index in [1.807, 2.05) is 34.4 Å². The summed E-state index contributed by atoms with van der Waals surface area (Å²) in [6, 6.07) is 2.10. The van der Waals surface area contributed by atoms with E-state index < -0.39 is 0 Å². The van der Waals surface area contributed by atoms with E-state index in [0.29, 0.717) is 0 Å². The summed E-state index contributed by atoms with van der Waals surface area (Å²) in [5.41, 5.74) is 3.39. The first-order valence-electron chi connectivity index (χ1n) is 8.12. The standard InChI is InChI=1S/C16H25BrN6S/c1-5-22-15(14(17)10-19-22)11-21(4)16(24)18-7-6-8-23-13(3)9-12(2)20-23/h9-10H,5-8,11H2,1-4H3,(H,18,24). The van der Waals surface area contributed by atoms with Crippen LogP contribution in [0.3, 0.4) is 0 Å². The number of hydrogen-bond donors (Lipinski definition) is 1. The molecule has 0 saturated heterocycles. The smallest absolute Gasteiger partial charge is 0.169 e. The molecular formula is C16H25BrN6S. The highest BCUT2D eigenvalue weighted by molar-refractivity contribution is 9.10. The van der Waals surface area contributed by atoms with Gasteiger partial charge < -0.3 is 10.2 Å². The van der Waals surface area contributed by atoms with Crippen molar-refractivity contribution in [3.8, 4) is 0 Å². The largest absolute Gasteiger partial charge is 0.362 e. The molecular weight excluding hydrogens is 388 g/mol. The normalized spacial score (nSPS) is 10.9. The van der Waals surface area contributed by atoms with E-state index in [1.54, 1.807) is 0 Å². The molecule has 0 aromatic carbocycles. The average Bonchev–Trinajstić information content (AvgIpc) is 3.05. The minimum atomic E-state index is 0.720. The maximum Gasteiger partial charge on any atom is 0.169 e. The van der Waals surface area contributed by atoms with E-state index in [0.717, 1.165) is 53.6 Å². The van der Waals surface area contributed by atoms with Gasteiger partial charge in [0.05, 0.1) is 28.6 Å². The van der Waals surface area contributed by atoms with Gasteiger partial charge in [-0.1, -0.05) is 0 Å². The van der Waals surface area contributed by atoms with E-state index in [9.17, 15) is 0 Å². The minimum absolute atomic E-state index is 0.720. The van der Waals surface area contributed by atoms with Crippen LogP contribution in [0.4, 0.5) is 0 Å². The Bertz CT molecular complexity index is 693. The predicted molar refractivity (Wildman–Crippen MR) is 104 cm³/mol. The summed E-state index contributed by atoms with van der Waals surface area (Å²) in [5, 5.41) is 12.9. The lowest BCUT2D eigenvalue weighted by Gasteiger charge is -2.21. The van der Waals surface area contributed by atoms with Crippen LogP contribution in [-0.4, -0.2) is 43.2 Å². The second-order valence-electron chi connectivity index (χ2n) is 5.85. The Kier molecular flexibility index (Phi) is 6.79. The molecule has 2 aromatic rings. The van der Waals surface area contributed by atoms with Gasteiger partial charge in [-0.2, -0.15) is 10.2 Å². The molecule has 0 aliphatic carbocycles. The summed E-state index contributed by atoms with van der Waals surface area (Å²) in [6.07, 6.45) is 2.81. The summed E-state index contributed by atoms with van der Waals surface area (Å²) in [5.74, 6) is 0. The first-order valence-corrected chi connectivity index (χ1v) is 9.32. The Morgan fingerprint density at radius 2 is 2.12 bits per heavy atom. The molecule has 24 heavy (non-hydrogen) atoms. The number of rotatable bonds is 7. The first kappa shape index (κ1) is 18.9. The highest BCUT2D eigenvalue weighted by atomic mass is 79.9. The van der Waals surface area contributed by atoms with Gasteiger partial charge in [0.1, 0.15) is 0 Å². The van der Waals surface area contributed by atoms with Gasteiger partial charge in [-0.15, -0.1) is 0 Å². The fourth-order valence-electron chi connectivity index (χ4n) is 2.57. The first-order chi connectivity index (χ1) is 11.4. The Morgan fingerprint density at radius 3 is 2.75 bits per heavy atom. The third kappa shape index (κ3) is 4.80. The SMILES string of the molecule is CCn1ncc(Br)c1CN(C)C(=S)NCCCn1nc(C)cc1C. The zero-order valence-electron chi connectivity index (χ0n) is 14.7. The van der Waals surface area contributed by atoms with E-state index in [4.69, 9.17) is 12.2 Å². The summed E-state index contributed by atoms with van der Waals surface area (Å²) in [4.78, 5) is 2.03. The summed E-state index contributed by atoms with van der Waals surface area (Å²) >= 11 is 9.03. The molecule has 0 aliphatic rings. The van der Waals surface area contributed by atoms with Crippen LogP contribution in [0.1, 0.15) is 30.4 Å². The summed E-state index contributed by atoms with van der Waals surface area (Å²) in [7, 11) is 2.00. The van der Waals surface area contributed by atoms with Crippen LogP contribution < -0.4 is 5.32 Å². The molecule has 0 radical (unpaired) electrons. The molecule has 2 heterocycles. The number of aryl methyl sites for hydroxylation is 4. The fraction of sp³-hybridized carbons (Fsp3) is 0.562. The number of nitrogens with zero attached hydrogens (tertiary/aromatic N) is 5. The van der Waals surface area contributed by atoms with Crippen molar-refractivity contribution in [2.75, 3.05) is 13.6 Å². The minimum Gasteiger partial charge on any atom is -0.362 e. The van der Waals surface area contributed by atoms with Crippen molar-refractivity contribution in [2.45, 2.75) is 46.8 Å². The highest BCUT2D eigenvalue weighted by Gasteiger charge is 2.12. The monoisotopic (exact) mass is 412 g/mol. The zero-order valence-corrected chi connectivity index (χ0v) is 17.1. The lowest BCUT2D eigenvalue weighted by molar-refractivity contribution is 0.453. The van der Waals surface area contributed by atoms with Crippen LogP contribution >= 0.6 is 28.1 Å². The van der Waals surface area contributed by atoms with Gasteiger partial charge in [0.25, 0.3) is 0 Å². The van der Waals surface area contributed by atoms with Crippen LogP contribution in [0.2, 0.25) is 0 Å². The highest BCUT2D eigenvalue weighted by Crippen LogP contribution is 2.17. The van der Waals surface area contributed by atoms with Crippen LogP contribution in [0.5, 0.6) is 0 Å². The summed E-state index contributed by atoms with van der Waals surface area (Å²) in [6.45, 7) is 9.47. The maximum absolute atomic E-state index is 5.48. The molecule has 0 spiro atoms. The van der Waals surface area contributed by atoms with E-state index in [2.05, 4.69) is 51.4 Å². The van der Waals surface area contributed by atoms with Gasteiger partial charge >= 0.3 is 0 Å². The van der Waals surface area contributed by atoms with Crippen molar-refractivity contribution >= 4 is 33.3 Å². The molecule has 2 rings (SSSR count). The Hall–Kier alpha value is -1.41. The van der Waals surface area contributed by atoms with Crippen molar-refractivity contribution in [2.24, 2.45) is 0 Å². The lowest BCUT2D eigenvalue weighted by Crippen LogP contribution is -2.37. The number of halogens is 1. The number of hydrogen-bond acceptors (Lipinski definition) is 3. The van der Waals surface area contributed by atoms with Crippen molar-refractivity contribution < 1.29 is 0 Å². The van der Waals surface area contributed by atoms with Crippen LogP contribution in [0, 0.1) is 13.8 Å². The predicted octanol–water partition coefficient (Wildman–Crippen LogP) is 2.88. The summed E-state index contributed by atoms with van der Waals surface area (Å²) < 4.78 is 5.04. The molecule has 0 bridgehead atoms. The molecule has 1 N–H and O–H groups in total. The number of thiocarbonyl (C=S) groups is 1. The van der Waals surface area contributed by atoms with Gasteiger partial charge in [-0.05, 0) is 61.4 Å². The molecule has 0 amide bonds. The molecule has 0 fully saturated rings. The third-order valence-electron chi connectivity index (χ3n) is 3.86. The Balaban J connectivity index is 1.77. The van der Waals surface area contributed by atoms with Crippen LogP contribution in [-0.2, 0) is 19.6 Å². The van der Waals surface area contributed by atoms with Crippen molar-refractivity contribution in [3.05, 3.63) is 33.8 Å². The maximum atomic E-state index is 5.48. The molecule has 0 atom stereocenters. The molecule has 132 valence electrons. The average molecular weight is 413 g/mol. The zero-order chi connectivity index (χ0) is 17.7. The lowest BCUT2D eigenvalue weighted by atomic mass is 10.4. The molecule has 8 heteroatoms. The van der Waals surface area contributed by atoms with Crippen LogP contribution in [0.15, 0.2) is 16.7 Å². The van der Waals surface area contributed by atoms with Gasteiger partial charge in [-0.3, -0.25) is 9.36 Å². The van der Waals surface area contributed by atoms with Gasteiger partial charge in [0.15, 0.2) is 5.11 Å². The van der Waals surface area contributed by atoms with E-state index >= 15 is 0 Å². The van der Waals surface area contributed by atoms with Gasteiger partial charge in [0, 0.05) is 32.4 Å². The Morgan fingerprint density at radius 1 is 1.38 bits per heavy atom. The van der Waals surface area contributed by atoms with Crippen molar-refractivity contribution in [1.82, 2.24) is 29.8 Å². The van der Waals surface area contributed by atoms with Crippen LogP contribution in [0.25, 0.3) is 0 Å². The molecule has 6 nitrogen and oxygen atoms in total. The topological polar surface area (TPSA) is 50.9 Å². The van der Waals surface area contributed by atoms with Crippen molar-refractivity contribution in [3.63, 3.8) is 0 Å². The van der Waals surface area contributed by atoms with Gasteiger partial charge in [-0.25, -0.2) is 0 Å². The number of aromatic nitrogens is 4. The second kappa shape index (κ2) is 8.62. The number of nitrogens with one attached hydrogen (secondary N) is 1. The third-order valence-corrected chi connectivity index (χ3v) is 4.98. The molecule has 2 aromatic heterocycles. The van der Waals surface area contributed by atoms with Crippen molar-refractivity contribution in [1.29, 1.82) is 0 Å². The molecule has 0 unspecified atom stereocenters. The second-order valence-corrected chi connectivity index (χ2v) is 7.09. The van der Waals surface area contributed by atoms with E-state index in [1.165, 1.54) is 5.69 Å². The quantitative estimate of drug-likeness (QED) is 0.559. The molecule has 0 aliphatic heterocycles. The Labute approximate surface area is 157 Å². The van der Waals surface area contributed by atoms with Gasteiger partial charge in [0.2, 0.25) is 0 Å².